The maximum absolute atomic E-state index is 6.11. The fraction of sp³-hybridized carbons (Fsp3) is 0.0625. The van der Waals surface area contributed by atoms with Gasteiger partial charge in [0.25, 0.3) is 0 Å². The lowest BCUT2D eigenvalue weighted by molar-refractivity contribution is 0.668. The highest BCUT2D eigenvalue weighted by atomic mass is 16.3. The van der Waals surface area contributed by atoms with Gasteiger partial charge in [0.05, 0.1) is 0 Å². The van der Waals surface area contributed by atoms with Crippen molar-refractivity contribution in [1.82, 2.24) is 0 Å². The van der Waals surface area contributed by atoms with Gasteiger partial charge in [-0.3, -0.25) is 0 Å². The highest BCUT2D eigenvalue weighted by molar-refractivity contribution is 6.06. The van der Waals surface area contributed by atoms with Gasteiger partial charge in [0, 0.05) is 22.6 Å². The van der Waals surface area contributed by atoms with E-state index < -0.39 is 0 Å². The number of benzene rings is 4. The number of hydrogen-bond acceptors (Lipinski definition) is 1. The second kappa shape index (κ2) is 7.21. The number of para-hydroxylation sites is 1. The predicted octanol–water partition coefficient (Wildman–Crippen LogP) is 6.36. The molecule has 0 saturated heterocycles. The van der Waals surface area contributed by atoms with Gasteiger partial charge in [-0.2, -0.15) is 0 Å². The van der Waals surface area contributed by atoms with Gasteiger partial charge in [0.15, 0.2) is 0 Å². The molecule has 1 nitrogen and oxygen atoms in total. The van der Waals surface area contributed by atoms with Crippen molar-refractivity contribution in [2.45, 2.75) is 0 Å². The SMILES string of the molecule is C1=CC2C(c3ccccc3)=c3ccccc3=C(c3ccc4oc5ccccc5c4c3)C2C=C1. The van der Waals surface area contributed by atoms with Crippen LogP contribution in [0.5, 0.6) is 0 Å². The molecule has 2 aliphatic carbocycles. The van der Waals surface area contributed by atoms with E-state index in [1.165, 1.54) is 43.5 Å². The monoisotopic (exact) mass is 422 g/mol. The molecule has 0 fully saturated rings. The molecule has 0 bridgehead atoms. The molecule has 1 heterocycles. The Hall–Kier alpha value is -4.10. The minimum atomic E-state index is 0.288. The molecule has 7 rings (SSSR count). The quantitative estimate of drug-likeness (QED) is 0.323. The number of allylic oxidation sites excluding steroid dienone is 4. The van der Waals surface area contributed by atoms with Crippen LogP contribution in [0.15, 0.2) is 126 Å². The van der Waals surface area contributed by atoms with E-state index in [2.05, 4.69) is 109 Å². The van der Waals surface area contributed by atoms with Crippen LogP contribution in [0, 0.1) is 11.8 Å². The van der Waals surface area contributed by atoms with Gasteiger partial charge in [-0.1, -0.05) is 103 Å². The van der Waals surface area contributed by atoms with Gasteiger partial charge in [0.1, 0.15) is 11.2 Å². The van der Waals surface area contributed by atoms with E-state index >= 15 is 0 Å². The largest absolute Gasteiger partial charge is 0.456 e. The molecule has 2 unspecified atom stereocenters. The summed E-state index contributed by atoms with van der Waals surface area (Å²) in [6.45, 7) is 0. The fourth-order valence-corrected chi connectivity index (χ4v) is 5.68. The highest BCUT2D eigenvalue weighted by Crippen LogP contribution is 2.41. The first-order chi connectivity index (χ1) is 16.4. The van der Waals surface area contributed by atoms with Crippen LogP contribution in [0.25, 0.3) is 33.1 Å². The molecule has 2 atom stereocenters. The average Bonchev–Trinajstić information content (AvgIpc) is 3.25. The Labute approximate surface area is 192 Å². The summed E-state index contributed by atoms with van der Waals surface area (Å²) in [7, 11) is 0. The van der Waals surface area contributed by atoms with Crippen LogP contribution in [-0.2, 0) is 0 Å². The summed E-state index contributed by atoms with van der Waals surface area (Å²) >= 11 is 0. The summed E-state index contributed by atoms with van der Waals surface area (Å²) in [4.78, 5) is 0. The molecule has 2 aliphatic rings. The zero-order valence-electron chi connectivity index (χ0n) is 18.1. The molecule has 5 aromatic rings. The van der Waals surface area contributed by atoms with E-state index in [1.807, 2.05) is 12.1 Å². The summed E-state index contributed by atoms with van der Waals surface area (Å²) in [5.74, 6) is 0.592. The lowest BCUT2D eigenvalue weighted by atomic mass is 9.70. The van der Waals surface area contributed by atoms with Gasteiger partial charge >= 0.3 is 0 Å². The van der Waals surface area contributed by atoms with Crippen LogP contribution >= 0.6 is 0 Å². The van der Waals surface area contributed by atoms with E-state index in [1.54, 1.807) is 0 Å². The van der Waals surface area contributed by atoms with E-state index in [4.69, 9.17) is 4.42 Å². The highest BCUT2D eigenvalue weighted by Gasteiger charge is 2.31. The Morgan fingerprint density at radius 3 is 1.85 bits per heavy atom. The van der Waals surface area contributed by atoms with Crippen molar-refractivity contribution in [3.05, 3.63) is 143 Å². The first-order valence-electron chi connectivity index (χ1n) is 11.5. The van der Waals surface area contributed by atoms with Gasteiger partial charge in [-0.05, 0) is 50.9 Å². The van der Waals surface area contributed by atoms with Crippen molar-refractivity contribution in [3.63, 3.8) is 0 Å². The third kappa shape index (κ3) is 2.79. The number of fused-ring (bicyclic) bond motifs is 5. The predicted molar refractivity (Wildman–Crippen MR) is 136 cm³/mol. The maximum atomic E-state index is 6.11. The Morgan fingerprint density at radius 2 is 1.09 bits per heavy atom. The van der Waals surface area contributed by atoms with Gasteiger partial charge in [-0.15, -0.1) is 0 Å². The fourth-order valence-electron chi connectivity index (χ4n) is 5.68. The molecule has 0 saturated carbocycles. The van der Waals surface area contributed by atoms with Crippen LogP contribution in [0.2, 0.25) is 0 Å². The molecule has 33 heavy (non-hydrogen) atoms. The minimum Gasteiger partial charge on any atom is -0.456 e. The second-order valence-corrected chi connectivity index (χ2v) is 8.87. The topological polar surface area (TPSA) is 13.1 Å². The lowest BCUT2D eigenvalue weighted by Crippen LogP contribution is -2.40. The lowest BCUT2D eigenvalue weighted by Gasteiger charge is -2.33. The number of rotatable bonds is 2. The van der Waals surface area contributed by atoms with E-state index in [-0.39, 0.29) is 5.92 Å². The molecule has 1 heteroatoms. The molecular weight excluding hydrogens is 400 g/mol. The summed E-state index contributed by atoms with van der Waals surface area (Å²) in [5.41, 5.74) is 7.26. The first kappa shape index (κ1) is 18.5. The molecule has 1 aromatic heterocycles. The third-order valence-corrected chi connectivity index (χ3v) is 7.08. The summed E-state index contributed by atoms with van der Waals surface area (Å²) in [5, 5.41) is 5.01. The molecular formula is C32H22O. The maximum Gasteiger partial charge on any atom is 0.135 e. The third-order valence-electron chi connectivity index (χ3n) is 7.08. The number of furan rings is 1. The van der Waals surface area contributed by atoms with Crippen molar-refractivity contribution < 1.29 is 4.42 Å². The molecule has 0 amide bonds. The Morgan fingerprint density at radius 1 is 0.485 bits per heavy atom. The van der Waals surface area contributed by atoms with Crippen molar-refractivity contribution >= 4 is 33.1 Å². The Bertz CT molecular complexity index is 1710. The van der Waals surface area contributed by atoms with Gasteiger partial charge in [0.2, 0.25) is 0 Å². The van der Waals surface area contributed by atoms with Crippen molar-refractivity contribution in [1.29, 1.82) is 0 Å². The zero-order chi connectivity index (χ0) is 21.8. The zero-order valence-corrected chi connectivity index (χ0v) is 18.1. The summed E-state index contributed by atoms with van der Waals surface area (Å²) in [6, 6.07) is 34.7. The normalized spacial score (nSPS) is 19.2. The standard InChI is InChI=1S/C32H22O/c1-2-10-21(11-3-1)31-24-13-4-6-15-26(24)32(27-16-7-5-14-25(27)31)22-18-19-30-28(20-22)23-12-8-9-17-29(23)33-30/h1-20,24,26H. The van der Waals surface area contributed by atoms with Gasteiger partial charge in [-0.25, -0.2) is 0 Å². The van der Waals surface area contributed by atoms with E-state index in [0.717, 1.165) is 11.2 Å². The molecule has 156 valence electrons. The van der Waals surface area contributed by atoms with E-state index in [9.17, 15) is 0 Å². The van der Waals surface area contributed by atoms with E-state index in [0.29, 0.717) is 5.92 Å². The van der Waals surface area contributed by atoms with Crippen LogP contribution in [0.3, 0.4) is 0 Å². The van der Waals surface area contributed by atoms with Gasteiger partial charge < -0.3 is 4.42 Å². The summed E-state index contributed by atoms with van der Waals surface area (Å²) < 4.78 is 6.11. The molecule has 4 aromatic carbocycles. The molecule has 0 N–H and O–H groups in total. The first-order valence-corrected chi connectivity index (χ1v) is 11.5. The van der Waals surface area contributed by atoms with Crippen LogP contribution < -0.4 is 10.4 Å². The number of hydrogen-bond donors (Lipinski definition) is 0. The molecule has 0 aliphatic heterocycles. The molecule has 0 spiro atoms. The van der Waals surface area contributed by atoms with Crippen molar-refractivity contribution in [2.75, 3.05) is 0 Å². The van der Waals surface area contributed by atoms with Crippen LogP contribution in [-0.4, -0.2) is 0 Å². The Kier molecular flexibility index (Phi) is 4.04. The summed E-state index contributed by atoms with van der Waals surface area (Å²) in [6.07, 6.45) is 9.14. The second-order valence-electron chi connectivity index (χ2n) is 8.87. The van der Waals surface area contributed by atoms with Crippen LogP contribution in [0.4, 0.5) is 0 Å². The van der Waals surface area contributed by atoms with Crippen LogP contribution in [0.1, 0.15) is 11.1 Å². The molecule has 0 radical (unpaired) electrons. The van der Waals surface area contributed by atoms with Crippen molar-refractivity contribution in [2.24, 2.45) is 11.8 Å². The van der Waals surface area contributed by atoms with Crippen molar-refractivity contribution in [3.8, 4) is 0 Å². The Balaban J connectivity index is 1.59. The smallest absolute Gasteiger partial charge is 0.135 e. The minimum absolute atomic E-state index is 0.288. The average molecular weight is 423 g/mol.